The van der Waals surface area contributed by atoms with Gasteiger partial charge in [-0.2, -0.15) is 0 Å². The van der Waals surface area contributed by atoms with Crippen molar-refractivity contribution in [3.8, 4) is 17.2 Å². The molecule has 0 unspecified atom stereocenters. The predicted octanol–water partition coefficient (Wildman–Crippen LogP) is 5.60. The molecule has 34 heavy (non-hydrogen) atoms. The van der Waals surface area contributed by atoms with E-state index in [2.05, 4.69) is 0 Å². The Morgan fingerprint density at radius 3 is 2.15 bits per heavy atom. The lowest BCUT2D eigenvalue weighted by molar-refractivity contribution is -0.0456. The lowest BCUT2D eigenvalue weighted by atomic mass is 9.97. The summed E-state index contributed by atoms with van der Waals surface area (Å²) in [5.41, 5.74) is 2.21. The van der Waals surface area contributed by atoms with Crippen LogP contribution in [-0.2, 0) is 10.5 Å². The molecular weight excluding hydrogens is 432 g/mol. The first kappa shape index (κ1) is 20.3. The van der Waals surface area contributed by atoms with Crippen molar-refractivity contribution < 1.29 is 23.4 Å². The van der Waals surface area contributed by atoms with Gasteiger partial charge >= 0.3 is 5.79 Å². The first-order chi connectivity index (χ1) is 16.7. The number of rotatable bonds is 5. The van der Waals surface area contributed by atoms with E-state index in [1.54, 1.807) is 37.4 Å². The molecule has 6 nitrogen and oxygen atoms in total. The topological polar surface area (TPSA) is 67.1 Å². The number of hydrogen-bond acceptors (Lipinski definition) is 6. The minimum Gasteiger partial charge on any atom is -0.467 e. The molecule has 0 radical (unpaired) electrons. The molecule has 0 fully saturated rings. The summed E-state index contributed by atoms with van der Waals surface area (Å²) in [5, 5.41) is 0.867. The van der Waals surface area contributed by atoms with Gasteiger partial charge in [0.1, 0.15) is 11.3 Å². The summed E-state index contributed by atoms with van der Waals surface area (Å²) in [6.45, 7) is 0.0896. The van der Waals surface area contributed by atoms with Crippen molar-refractivity contribution in [2.75, 3.05) is 13.9 Å². The lowest BCUT2D eigenvalue weighted by Gasteiger charge is -2.28. The van der Waals surface area contributed by atoms with Crippen LogP contribution in [0.4, 0.5) is 0 Å². The Morgan fingerprint density at radius 1 is 0.794 bits per heavy atom. The van der Waals surface area contributed by atoms with Gasteiger partial charge in [0, 0.05) is 24.3 Å². The molecule has 0 aliphatic carbocycles. The zero-order valence-electron chi connectivity index (χ0n) is 18.3. The molecule has 0 atom stereocenters. The molecule has 168 valence electrons. The highest BCUT2D eigenvalue weighted by molar-refractivity contribution is 5.94. The lowest BCUT2D eigenvalue weighted by Crippen LogP contribution is -2.36. The first-order valence-electron chi connectivity index (χ1n) is 10.8. The summed E-state index contributed by atoms with van der Waals surface area (Å²) >= 11 is 0. The molecular formula is C28H20O6. The van der Waals surface area contributed by atoms with Gasteiger partial charge < -0.3 is 23.4 Å². The Bertz CT molecular complexity index is 1520. The summed E-state index contributed by atoms with van der Waals surface area (Å²) < 4.78 is 29.8. The minimum atomic E-state index is -1.21. The Morgan fingerprint density at radius 2 is 1.47 bits per heavy atom. The average Bonchev–Trinajstić information content (AvgIpc) is 3.30. The molecule has 6 heteroatoms. The van der Waals surface area contributed by atoms with Gasteiger partial charge in [0.2, 0.25) is 11.2 Å². The third-order valence-corrected chi connectivity index (χ3v) is 5.88. The number of fused-ring (bicyclic) bond motifs is 4. The van der Waals surface area contributed by atoms with Crippen molar-refractivity contribution in [2.24, 2.45) is 0 Å². The molecule has 6 rings (SSSR count). The van der Waals surface area contributed by atoms with E-state index in [0.29, 0.717) is 39.2 Å². The van der Waals surface area contributed by atoms with Crippen LogP contribution in [0, 0.1) is 0 Å². The third-order valence-electron chi connectivity index (χ3n) is 5.88. The molecule has 0 bridgehead atoms. The summed E-state index contributed by atoms with van der Waals surface area (Å²) in [7, 11) is 1.54. The fourth-order valence-electron chi connectivity index (χ4n) is 4.29. The smallest absolute Gasteiger partial charge is 0.305 e. The highest BCUT2D eigenvalue weighted by Crippen LogP contribution is 2.50. The van der Waals surface area contributed by atoms with Crippen LogP contribution in [0.15, 0.2) is 100 Å². The van der Waals surface area contributed by atoms with Crippen LogP contribution in [-0.4, -0.2) is 13.9 Å². The van der Waals surface area contributed by atoms with Crippen LogP contribution in [0.3, 0.4) is 0 Å². The standard InChI is InChI=1S/C28H20O6/c1-30-17-31-20-12-13-21-24(16-20)32-26-22(25(21)29)14-15-23-27(26)34-28(33-23,18-8-4-2-5-9-18)19-10-6-3-7-11-19/h2-16H,17H2,1H3. The van der Waals surface area contributed by atoms with E-state index in [9.17, 15) is 4.79 Å². The van der Waals surface area contributed by atoms with E-state index >= 15 is 0 Å². The SMILES string of the molecule is COCOc1ccc2c(=O)c3ccc4c(c3oc2c1)OC(c1ccccc1)(c1ccccc1)O4. The van der Waals surface area contributed by atoms with Crippen LogP contribution in [0.5, 0.6) is 17.2 Å². The van der Waals surface area contributed by atoms with Crippen molar-refractivity contribution in [3.63, 3.8) is 0 Å². The van der Waals surface area contributed by atoms with Gasteiger partial charge in [-0.25, -0.2) is 0 Å². The van der Waals surface area contributed by atoms with E-state index in [4.69, 9.17) is 23.4 Å². The van der Waals surface area contributed by atoms with Crippen LogP contribution < -0.4 is 19.6 Å². The second-order valence-corrected chi connectivity index (χ2v) is 7.96. The Balaban J connectivity index is 1.56. The van der Waals surface area contributed by atoms with Crippen LogP contribution in [0.2, 0.25) is 0 Å². The van der Waals surface area contributed by atoms with Gasteiger partial charge in [-0.1, -0.05) is 60.7 Å². The zero-order valence-corrected chi connectivity index (χ0v) is 18.3. The first-order valence-corrected chi connectivity index (χ1v) is 10.8. The van der Waals surface area contributed by atoms with E-state index in [1.807, 2.05) is 60.7 Å². The van der Waals surface area contributed by atoms with Crippen molar-refractivity contribution in [1.29, 1.82) is 0 Å². The fourth-order valence-corrected chi connectivity index (χ4v) is 4.29. The molecule has 1 aliphatic heterocycles. The molecule has 0 amide bonds. The number of benzene rings is 4. The van der Waals surface area contributed by atoms with Gasteiger partial charge in [-0.05, 0) is 24.3 Å². The molecule has 5 aromatic rings. The second-order valence-electron chi connectivity index (χ2n) is 7.96. The number of hydrogen-bond donors (Lipinski definition) is 0. The molecule has 1 aromatic heterocycles. The molecule has 0 saturated carbocycles. The van der Waals surface area contributed by atoms with Crippen LogP contribution in [0.1, 0.15) is 11.1 Å². The van der Waals surface area contributed by atoms with Gasteiger partial charge in [0.15, 0.2) is 18.1 Å². The van der Waals surface area contributed by atoms with E-state index in [1.165, 1.54) is 0 Å². The van der Waals surface area contributed by atoms with Gasteiger partial charge in [-0.3, -0.25) is 4.79 Å². The maximum Gasteiger partial charge on any atom is 0.305 e. The van der Waals surface area contributed by atoms with Gasteiger partial charge in [0.25, 0.3) is 0 Å². The van der Waals surface area contributed by atoms with Crippen molar-refractivity contribution in [1.82, 2.24) is 0 Å². The summed E-state index contributed by atoms with van der Waals surface area (Å²) in [4.78, 5) is 13.3. The zero-order chi connectivity index (χ0) is 23.1. The van der Waals surface area contributed by atoms with Crippen molar-refractivity contribution >= 4 is 21.9 Å². The molecule has 0 saturated heterocycles. The van der Waals surface area contributed by atoms with Crippen molar-refractivity contribution in [3.05, 3.63) is 112 Å². The quantitative estimate of drug-likeness (QED) is 0.255. The van der Waals surface area contributed by atoms with Crippen LogP contribution >= 0.6 is 0 Å². The minimum absolute atomic E-state index is 0.0896. The average molecular weight is 452 g/mol. The predicted molar refractivity (Wildman–Crippen MR) is 127 cm³/mol. The fraction of sp³-hybridized carbons (Fsp3) is 0.107. The number of ether oxygens (including phenoxy) is 4. The molecule has 0 N–H and O–H groups in total. The van der Waals surface area contributed by atoms with Crippen molar-refractivity contribution in [2.45, 2.75) is 5.79 Å². The summed E-state index contributed by atoms with van der Waals surface area (Å²) in [5.74, 6) is 0.197. The highest BCUT2D eigenvalue weighted by atomic mass is 16.7. The van der Waals surface area contributed by atoms with Gasteiger partial charge in [0.05, 0.1) is 10.8 Å². The maximum atomic E-state index is 13.3. The molecule has 1 aliphatic rings. The van der Waals surface area contributed by atoms with E-state index in [-0.39, 0.29) is 12.2 Å². The molecule has 4 aromatic carbocycles. The normalized spacial score (nSPS) is 13.9. The van der Waals surface area contributed by atoms with E-state index < -0.39 is 5.79 Å². The monoisotopic (exact) mass is 452 g/mol. The Hall–Kier alpha value is -4.29. The summed E-state index contributed by atoms with van der Waals surface area (Å²) in [6.07, 6.45) is 0. The second kappa shape index (κ2) is 7.93. The van der Waals surface area contributed by atoms with Gasteiger partial charge in [-0.15, -0.1) is 0 Å². The van der Waals surface area contributed by atoms with E-state index in [0.717, 1.165) is 11.1 Å². The molecule has 0 spiro atoms. The molecule has 2 heterocycles. The summed E-state index contributed by atoms with van der Waals surface area (Å²) in [6, 6.07) is 28.0. The number of methoxy groups -OCH3 is 1. The maximum absolute atomic E-state index is 13.3. The Kier molecular flexibility index (Phi) is 4.74. The highest BCUT2D eigenvalue weighted by Gasteiger charge is 2.46. The Labute approximate surface area is 194 Å². The third kappa shape index (κ3) is 3.11. The van der Waals surface area contributed by atoms with Crippen LogP contribution in [0.25, 0.3) is 21.9 Å². The largest absolute Gasteiger partial charge is 0.467 e.